The lowest BCUT2D eigenvalue weighted by Gasteiger charge is -2.33. The third kappa shape index (κ3) is 9.03. The van der Waals surface area contributed by atoms with Gasteiger partial charge in [-0.15, -0.1) is 0 Å². The van der Waals surface area contributed by atoms with Crippen LogP contribution in [0.4, 0.5) is 11.4 Å². The summed E-state index contributed by atoms with van der Waals surface area (Å²) in [4.78, 5) is 39.8. The lowest BCUT2D eigenvalue weighted by atomic mass is 10.0. The summed E-state index contributed by atoms with van der Waals surface area (Å²) in [7, 11) is -2.53. The van der Waals surface area contributed by atoms with Gasteiger partial charge in [-0.2, -0.15) is 0 Å². The molecule has 1 atom stereocenters. The molecule has 11 nitrogen and oxygen atoms in total. The normalized spacial score (nSPS) is 11.8. The van der Waals surface area contributed by atoms with E-state index < -0.39 is 33.4 Å². The van der Waals surface area contributed by atoms with E-state index in [-0.39, 0.29) is 30.2 Å². The van der Waals surface area contributed by atoms with E-state index in [9.17, 15) is 28.1 Å². The number of hydrogen-bond donors (Lipinski definition) is 1. The van der Waals surface area contributed by atoms with Crippen molar-refractivity contribution in [2.24, 2.45) is 0 Å². The van der Waals surface area contributed by atoms with E-state index in [4.69, 9.17) is 4.74 Å². The van der Waals surface area contributed by atoms with Gasteiger partial charge in [-0.25, -0.2) is 8.42 Å². The Labute approximate surface area is 246 Å². The van der Waals surface area contributed by atoms with Crippen molar-refractivity contribution < 1.29 is 27.7 Å². The molecule has 224 valence electrons. The first-order chi connectivity index (χ1) is 20.0. The smallest absolute Gasteiger partial charge is 0.271 e. The Balaban J connectivity index is 2.07. The van der Waals surface area contributed by atoms with Crippen molar-refractivity contribution in [3.63, 3.8) is 0 Å². The molecule has 12 heteroatoms. The fourth-order valence-corrected chi connectivity index (χ4v) is 5.24. The largest absolute Gasteiger partial charge is 0.497 e. The van der Waals surface area contributed by atoms with Gasteiger partial charge < -0.3 is 15.0 Å². The zero-order chi connectivity index (χ0) is 30.7. The summed E-state index contributed by atoms with van der Waals surface area (Å²) in [5, 5.41) is 14.3. The number of rotatable bonds is 15. The number of benzene rings is 3. The Morgan fingerprint density at radius 2 is 1.69 bits per heavy atom. The summed E-state index contributed by atoms with van der Waals surface area (Å²) in [5.74, 6) is -0.465. The molecule has 0 bridgehead atoms. The first-order valence-electron chi connectivity index (χ1n) is 13.5. The molecule has 0 spiro atoms. The second-order valence-electron chi connectivity index (χ2n) is 9.77. The fourth-order valence-electron chi connectivity index (χ4n) is 4.40. The van der Waals surface area contributed by atoms with Crippen LogP contribution in [0, 0.1) is 10.1 Å². The monoisotopic (exact) mass is 596 g/mol. The topological polar surface area (TPSA) is 139 Å². The number of sulfonamides is 1. The van der Waals surface area contributed by atoms with Gasteiger partial charge in [0, 0.05) is 31.6 Å². The van der Waals surface area contributed by atoms with Gasteiger partial charge in [0.15, 0.2) is 0 Å². The van der Waals surface area contributed by atoms with Gasteiger partial charge in [-0.3, -0.25) is 24.0 Å². The number of carbonyl (C=O) groups is 2. The molecule has 2 amide bonds. The van der Waals surface area contributed by atoms with Crippen LogP contribution in [0.15, 0.2) is 78.9 Å². The van der Waals surface area contributed by atoms with E-state index in [1.54, 1.807) is 24.3 Å². The van der Waals surface area contributed by atoms with Gasteiger partial charge in [-0.1, -0.05) is 61.9 Å². The van der Waals surface area contributed by atoms with E-state index >= 15 is 0 Å². The third-order valence-electron chi connectivity index (χ3n) is 6.60. The first kappa shape index (κ1) is 32.1. The summed E-state index contributed by atoms with van der Waals surface area (Å²) in [6.07, 6.45) is 2.72. The highest BCUT2D eigenvalue weighted by molar-refractivity contribution is 7.92. The Morgan fingerprint density at radius 3 is 2.33 bits per heavy atom. The van der Waals surface area contributed by atoms with Crippen molar-refractivity contribution in [1.82, 2.24) is 10.2 Å². The number of amides is 2. The lowest BCUT2D eigenvalue weighted by Crippen LogP contribution is -2.53. The molecule has 0 aliphatic rings. The van der Waals surface area contributed by atoms with E-state index in [2.05, 4.69) is 5.32 Å². The molecule has 0 saturated heterocycles. The molecule has 3 aromatic rings. The average molecular weight is 597 g/mol. The zero-order valence-electron chi connectivity index (χ0n) is 23.9. The second-order valence-corrected chi connectivity index (χ2v) is 11.7. The maximum atomic E-state index is 14.1. The molecule has 0 saturated carbocycles. The highest BCUT2D eigenvalue weighted by Crippen LogP contribution is 2.25. The molecule has 42 heavy (non-hydrogen) atoms. The van der Waals surface area contributed by atoms with E-state index in [1.165, 1.54) is 30.2 Å². The van der Waals surface area contributed by atoms with Crippen LogP contribution in [0.1, 0.15) is 30.9 Å². The minimum absolute atomic E-state index is 0.0126. The third-order valence-corrected chi connectivity index (χ3v) is 7.74. The number of methoxy groups -OCH3 is 1. The van der Waals surface area contributed by atoms with E-state index in [0.717, 1.165) is 35.0 Å². The number of ether oxygens (including phenoxy) is 1. The van der Waals surface area contributed by atoms with Crippen molar-refractivity contribution in [2.45, 2.75) is 38.8 Å². The standard InChI is InChI=1S/C30H36N4O7S/c1-4-5-17-31-30(36)28(19-23-11-7-6-8-12-23)32(21-24-13-9-16-27(18-24)41-2)29(35)22-33(42(3,39)40)25-14-10-15-26(20-25)34(37)38/h6-16,18,20,28H,4-5,17,19,21-22H2,1-3H3,(H,31,36). The number of hydrogen-bond acceptors (Lipinski definition) is 7. The molecule has 0 aliphatic heterocycles. The predicted molar refractivity (Wildman–Crippen MR) is 161 cm³/mol. The Morgan fingerprint density at radius 1 is 1.00 bits per heavy atom. The number of nitro groups is 1. The van der Waals surface area contributed by atoms with Crippen molar-refractivity contribution >= 4 is 33.2 Å². The summed E-state index contributed by atoms with van der Waals surface area (Å²) in [5.41, 5.74) is 1.13. The minimum Gasteiger partial charge on any atom is -0.497 e. The van der Waals surface area contributed by atoms with Crippen molar-refractivity contribution in [2.75, 3.05) is 30.8 Å². The van der Waals surface area contributed by atoms with Crippen LogP contribution in [0.25, 0.3) is 0 Å². The molecule has 1 N–H and O–H groups in total. The maximum absolute atomic E-state index is 14.1. The molecule has 0 radical (unpaired) electrons. The SMILES string of the molecule is CCCCNC(=O)C(Cc1ccccc1)N(Cc1cccc(OC)c1)C(=O)CN(c1cccc([N+](=O)[O-])c1)S(C)(=O)=O. The van der Waals surface area contributed by atoms with E-state index in [0.29, 0.717) is 17.9 Å². The molecular formula is C30H36N4O7S. The average Bonchev–Trinajstić information content (AvgIpc) is 2.97. The predicted octanol–water partition coefficient (Wildman–Crippen LogP) is 3.93. The number of nitrogens with zero attached hydrogens (tertiary/aromatic N) is 3. The van der Waals surface area contributed by atoms with Crippen LogP contribution < -0.4 is 14.4 Å². The number of non-ortho nitro benzene ring substituents is 1. The Kier molecular flexibility index (Phi) is 11.4. The van der Waals surface area contributed by atoms with Gasteiger partial charge in [0.1, 0.15) is 18.3 Å². The van der Waals surface area contributed by atoms with E-state index in [1.807, 2.05) is 37.3 Å². The van der Waals surface area contributed by atoms with Crippen LogP contribution in [0.5, 0.6) is 5.75 Å². The van der Waals surface area contributed by atoms with Crippen molar-refractivity contribution in [3.8, 4) is 5.75 Å². The Bertz CT molecular complexity index is 1480. The summed E-state index contributed by atoms with van der Waals surface area (Å²) in [6, 6.07) is 20.4. The van der Waals surface area contributed by atoms with Crippen molar-refractivity contribution in [3.05, 3.63) is 100 Å². The van der Waals surface area contributed by atoms with Crippen LogP contribution >= 0.6 is 0 Å². The molecule has 0 aromatic heterocycles. The lowest BCUT2D eigenvalue weighted by molar-refractivity contribution is -0.384. The van der Waals surface area contributed by atoms with Crippen LogP contribution in [0.3, 0.4) is 0 Å². The minimum atomic E-state index is -4.05. The quantitative estimate of drug-likeness (QED) is 0.159. The number of unbranched alkanes of at least 4 members (excludes halogenated alkanes) is 1. The zero-order valence-corrected chi connectivity index (χ0v) is 24.7. The van der Waals surface area contributed by atoms with Crippen LogP contribution in [-0.4, -0.2) is 62.6 Å². The Hall–Kier alpha value is -4.45. The van der Waals surface area contributed by atoms with Crippen LogP contribution in [0.2, 0.25) is 0 Å². The van der Waals surface area contributed by atoms with Gasteiger partial charge in [0.25, 0.3) is 5.69 Å². The highest BCUT2D eigenvalue weighted by atomic mass is 32.2. The number of carbonyl (C=O) groups excluding carboxylic acids is 2. The number of nitro benzene ring substituents is 1. The maximum Gasteiger partial charge on any atom is 0.271 e. The van der Waals surface area contributed by atoms with Crippen molar-refractivity contribution in [1.29, 1.82) is 0 Å². The molecule has 0 heterocycles. The molecule has 3 aromatic carbocycles. The summed E-state index contributed by atoms with van der Waals surface area (Å²) in [6.45, 7) is 1.74. The summed E-state index contributed by atoms with van der Waals surface area (Å²) >= 11 is 0. The number of anilines is 1. The van der Waals surface area contributed by atoms with Gasteiger partial charge in [0.2, 0.25) is 21.8 Å². The molecular weight excluding hydrogens is 560 g/mol. The molecule has 3 rings (SSSR count). The second kappa shape index (κ2) is 15.0. The van der Waals surface area contributed by atoms with Crippen LogP contribution in [-0.2, 0) is 32.6 Å². The molecule has 0 fully saturated rings. The van der Waals surface area contributed by atoms with Gasteiger partial charge in [0.05, 0.1) is 24.0 Å². The molecule has 1 unspecified atom stereocenters. The highest BCUT2D eigenvalue weighted by Gasteiger charge is 2.33. The molecule has 0 aliphatic carbocycles. The first-order valence-corrected chi connectivity index (χ1v) is 15.3. The fraction of sp³-hybridized carbons (Fsp3) is 0.333. The number of nitrogens with one attached hydrogen (secondary N) is 1. The summed E-state index contributed by atoms with van der Waals surface area (Å²) < 4.78 is 31.9. The van der Waals surface area contributed by atoms with Gasteiger partial charge >= 0.3 is 0 Å². The van der Waals surface area contributed by atoms with Gasteiger partial charge in [-0.05, 0) is 35.7 Å².